The Hall–Kier alpha value is -5.22. The normalized spacial score (nSPS) is 17.0. The van der Waals surface area contributed by atoms with Gasteiger partial charge in [-0.05, 0) is 74.5 Å². The first-order valence-corrected chi connectivity index (χ1v) is 21.3. The van der Waals surface area contributed by atoms with E-state index in [1.54, 1.807) is 119 Å². The van der Waals surface area contributed by atoms with Gasteiger partial charge in [-0.3, -0.25) is 4.72 Å². The van der Waals surface area contributed by atoms with Gasteiger partial charge in [-0.25, -0.2) is 38.8 Å². The van der Waals surface area contributed by atoms with Crippen LogP contribution < -0.4 is 18.2 Å². The molecule has 3 heterocycles. The highest BCUT2D eigenvalue weighted by atomic mass is 32.2. The predicted octanol–water partition coefficient (Wildman–Crippen LogP) is 7.18. The number of benzene rings is 5. The van der Waals surface area contributed by atoms with Crippen LogP contribution in [0.4, 0.5) is 22.2 Å². The number of hydrogen-bond acceptors (Lipinski definition) is 9. The van der Waals surface area contributed by atoms with Crippen LogP contribution in [0, 0.1) is 13.8 Å². The highest BCUT2D eigenvalue weighted by molar-refractivity contribution is 7.93. The van der Waals surface area contributed by atoms with Gasteiger partial charge in [0.05, 0.1) is 26.1 Å². The van der Waals surface area contributed by atoms with E-state index >= 15 is 0 Å². The number of hydrogen-bond donors (Lipinski definition) is 1. The molecule has 0 spiro atoms. The summed E-state index contributed by atoms with van der Waals surface area (Å²) in [6.45, 7) is 3.74. The Morgan fingerprint density at radius 3 is 1.46 bits per heavy atom. The number of anilines is 4. The first-order valence-electron chi connectivity index (χ1n) is 16.1. The summed E-state index contributed by atoms with van der Waals surface area (Å²) in [4.78, 5) is 5.82. The molecule has 0 radical (unpaired) electrons. The standard InChI is InChI=1S/C37H31N5O6S4/c1-25-11-17-29(18-12-25)51(45,46)41-33-9-5-3-7-31(33)36-40(27-15-21-28(22-16-27)50(43,44)39-37-38-23-24-49-37)35(41)32-8-4-6-10-34(32)42(36)52(47,48)30-19-13-26(2)14-20-30/h3-24,35-36H,1-2H3,(H,38,39)/t35-,36+. The van der Waals surface area contributed by atoms with Gasteiger partial charge in [-0.15, -0.1) is 11.3 Å². The number of aromatic nitrogens is 1. The molecule has 0 unspecified atom stereocenters. The first kappa shape index (κ1) is 33.9. The molecule has 0 saturated heterocycles. The number of nitrogens with zero attached hydrogens (tertiary/aromatic N) is 4. The Kier molecular flexibility index (Phi) is 8.13. The van der Waals surface area contributed by atoms with E-state index < -0.39 is 42.4 Å². The second-order valence-corrected chi connectivity index (χ2v) is 18.6. The van der Waals surface area contributed by atoms with E-state index in [0.717, 1.165) is 22.5 Å². The molecule has 11 nitrogen and oxygen atoms in total. The van der Waals surface area contributed by atoms with Crippen LogP contribution in [0.15, 0.2) is 148 Å². The Bertz CT molecular complexity index is 2500. The minimum atomic E-state index is -4.28. The second-order valence-electron chi connectivity index (χ2n) is 12.4. The van der Waals surface area contributed by atoms with Crippen molar-refractivity contribution in [3.63, 3.8) is 0 Å². The maximum Gasteiger partial charge on any atom is 0.266 e. The molecule has 2 aliphatic heterocycles. The molecule has 1 N–H and O–H groups in total. The predicted molar refractivity (Wildman–Crippen MR) is 202 cm³/mol. The van der Waals surface area contributed by atoms with E-state index in [0.29, 0.717) is 28.2 Å². The number of sulfonamides is 3. The zero-order valence-corrected chi connectivity index (χ0v) is 31.0. The molecule has 52 heavy (non-hydrogen) atoms. The summed E-state index contributed by atoms with van der Waals surface area (Å²) in [7, 11) is -12.6. The van der Waals surface area contributed by atoms with Gasteiger partial charge in [0.25, 0.3) is 30.1 Å². The number of nitrogens with one attached hydrogen (secondary N) is 1. The minimum absolute atomic E-state index is 0.0531. The lowest BCUT2D eigenvalue weighted by atomic mass is 9.95. The lowest BCUT2D eigenvalue weighted by Crippen LogP contribution is -2.59. The fourth-order valence-corrected chi connectivity index (χ4v) is 11.7. The summed E-state index contributed by atoms with van der Waals surface area (Å²) >= 11 is 1.14. The highest BCUT2D eigenvalue weighted by Gasteiger charge is 2.54. The fraction of sp³-hybridized carbons (Fsp3) is 0.108. The van der Waals surface area contributed by atoms with E-state index in [9.17, 15) is 25.3 Å². The van der Waals surface area contributed by atoms with E-state index in [-0.39, 0.29) is 19.8 Å². The lowest BCUT2D eigenvalue weighted by Gasteiger charge is -2.56. The second kappa shape index (κ2) is 12.5. The topological polar surface area (TPSA) is 137 Å². The van der Waals surface area contributed by atoms with Crippen LogP contribution in [0.2, 0.25) is 0 Å². The summed E-state index contributed by atoms with van der Waals surface area (Å²) < 4.78 is 91.3. The van der Waals surface area contributed by atoms with Crippen molar-refractivity contribution in [1.29, 1.82) is 0 Å². The molecule has 0 amide bonds. The zero-order valence-electron chi connectivity index (χ0n) is 27.7. The maximum atomic E-state index is 14.9. The molecule has 0 saturated carbocycles. The van der Waals surface area contributed by atoms with Crippen molar-refractivity contribution in [1.82, 2.24) is 4.98 Å². The van der Waals surface area contributed by atoms with Crippen molar-refractivity contribution >= 4 is 63.6 Å². The van der Waals surface area contributed by atoms with Crippen molar-refractivity contribution in [3.8, 4) is 0 Å². The van der Waals surface area contributed by atoms with Gasteiger partial charge in [0.1, 0.15) is 12.3 Å². The van der Waals surface area contributed by atoms with E-state index in [1.807, 2.05) is 13.8 Å². The molecular weight excluding hydrogens is 739 g/mol. The molecule has 8 rings (SSSR count). The minimum Gasteiger partial charge on any atom is -0.320 e. The van der Waals surface area contributed by atoms with Gasteiger partial charge >= 0.3 is 0 Å². The molecular formula is C37H31N5O6S4. The maximum absolute atomic E-state index is 14.9. The van der Waals surface area contributed by atoms with Crippen LogP contribution in [0.1, 0.15) is 34.6 Å². The number of aryl methyl sites for hydroxylation is 2. The third kappa shape index (κ3) is 5.51. The zero-order chi connectivity index (χ0) is 36.4. The molecule has 6 aromatic rings. The summed E-state index contributed by atoms with van der Waals surface area (Å²) in [5.41, 5.74) is 3.64. The monoisotopic (exact) mass is 769 g/mol. The Morgan fingerprint density at radius 2 is 1.02 bits per heavy atom. The number of rotatable bonds is 8. The average molecular weight is 770 g/mol. The van der Waals surface area contributed by atoms with Crippen molar-refractivity contribution in [2.24, 2.45) is 0 Å². The van der Waals surface area contributed by atoms with E-state index in [1.165, 1.54) is 26.9 Å². The van der Waals surface area contributed by atoms with Crippen LogP contribution in [-0.4, -0.2) is 30.2 Å². The summed E-state index contributed by atoms with van der Waals surface area (Å²) in [5, 5.41) is 1.86. The molecule has 5 aromatic carbocycles. The third-order valence-corrected chi connectivity index (χ3v) is 14.9. The molecule has 2 atom stereocenters. The van der Waals surface area contributed by atoms with Crippen LogP contribution in [0.5, 0.6) is 0 Å². The summed E-state index contributed by atoms with van der Waals surface area (Å²) in [5.74, 6) is 0. The lowest BCUT2D eigenvalue weighted by molar-refractivity contribution is 0.482. The number of para-hydroxylation sites is 2. The van der Waals surface area contributed by atoms with Crippen molar-refractivity contribution in [2.75, 3.05) is 18.2 Å². The van der Waals surface area contributed by atoms with Gasteiger partial charge in [0.15, 0.2) is 5.13 Å². The molecule has 1 aromatic heterocycles. The van der Waals surface area contributed by atoms with Crippen LogP contribution in [0.3, 0.4) is 0 Å². The fourth-order valence-electron chi connectivity index (χ4n) is 6.69. The molecule has 0 fully saturated rings. The highest BCUT2D eigenvalue weighted by Crippen LogP contribution is 2.57. The van der Waals surface area contributed by atoms with E-state index in [2.05, 4.69) is 9.71 Å². The quantitative estimate of drug-likeness (QED) is 0.172. The van der Waals surface area contributed by atoms with Gasteiger partial charge in [0.2, 0.25) is 0 Å². The Balaban J connectivity index is 1.38. The van der Waals surface area contributed by atoms with Crippen molar-refractivity contribution in [2.45, 2.75) is 40.9 Å². The smallest absolute Gasteiger partial charge is 0.266 e. The molecule has 15 heteroatoms. The van der Waals surface area contributed by atoms with Crippen LogP contribution in [-0.2, 0) is 30.1 Å². The van der Waals surface area contributed by atoms with Crippen molar-refractivity contribution in [3.05, 3.63) is 155 Å². The van der Waals surface area contributed by atoms with Gasteiger partial charge in [0, 0.05) is 28.4 Å². The average Bonchev–Trinajstić information content (AvgIpc) is 3.64. The summed E-state index contributed by atoms with van der Waals surface area (Å²) in [6, 6.07) is 32.8. The van der Waals surface area contributed by atoms with Crippen LogP contribution >= 0.6 is 11.3 Å². The van der Waals surface area contributed by atoms with Gasteiger partial charge in [-0.2, -0.15) is 0 Å². The number of thiazole rings is 1. The summed E-state index contributed by atoms with van der Waals surface area (Å²) in [6.07, 6.45) is -0.672. The van der Waals surface area contributed by atoms with Crippen molar-refractivity contribution < 1.29 is 25.3 Å². The first-order chi connectivity index (χ1) is 24.9. The van der Waals surface area contributed by atoms with E-state index in [4.69, 9.17) is 0 Å². The van der Waals surface area contributed by atoms with Crippen LogP contribution in [0.25, 0.3) is 0 Å². The SMILES string of the molecule is Cc1ccc(S(=O)(=O)N2c3ccccc3[C@H]3N(c4ccc(S(=O)(=O)Nc5nccs5)cc4)[C@H]2c2ccccc2N3S(=O)(=O)c2ccc(C)cc2)cc1. The molecule has 2 bridgehead atoms. The third-order valence-electron chi connectivity index (χ3n) is 9.13. The van der Waals surface area contributed by atoms with Gasteiger partial charge in [-0.1, -0.05) is 71.8 Å². The number of fused-ring (bicyclic) bond motifs is 6. The van der Waals surface area contributed by atoms with Gasteiger partial charge < -0.3 is 4.90 Å². The molecule has 2 aliphatic rings. The Morgan fingerprint density at radius 1 is 0.577 bits per heavy atom. The molecule has 264 valence electrons. The Labute approximate surface area is 306 Å². The molecule has 0 aliphatic carbocycles. The largest absolute Gasteiger partial charge is 0.320 e.